The molecule has 2 aromatic carbocycles. The summed E-state index contributed by atoms with van der Waals surface area (Å²) in [5.74, 6) is 0. The Kier molecular flexibility index (Phi) is 4.46. The fourth-order valence-electron chi connectivity index (χ4n) is 3.00. The molecule has 0 fully saturated rings. The van der Waals surface area contributed by atoms with E-state index in [0.717, 1.165) is 0 Å². The highest BCUT2D eigenvalue weighted by Gasteiger charge is 2.07. The SMILES string of the molecule is Cc1cc(C)c(NC=[NH+]c2c(C)cc(C)cc2C)c(C)c1. The van der Waals surface area contributed by atoms with Crippen molar-refractivity contribution in [1.82, 2.24) is 0 Å². The van der Waals surface area contributed by atoms with Gasteiger partial charge >= 0.3 is 0 Å². The van der Waals surface area contributed by atoms with E-state index in [1.165, 1.54) is 44.8 Å². The lowest BCUT2D eigenvalue weighted by Gasteiger charge is -2.07. The van der Waals surface area contributed by atoms with Crippen LogP contribution in [-0.4, -0.2) is 6.34 Å². The summed E-state index contributed by atoms with van der Waals surface area (Å²) in [4.78, 5) is 3.39. The van der Waals surface area contributed by atoms with Crippen molar-refractivity contribution in [3.05, 3.63) is 57.6 Å². The van der Waals surface area contributed by atoms with Gasteiger partial charge in [-0.15, -0.1) is 0 Å². The molecule has 0 aliphatic rings. The van der Waals surface area contributed by atoms with Crippen LogP contribution >= 0.6 is 0 Å². The van der Waals surface area contributed by atoms with Crippen molar-refractivity contribution in [1.29, 1.82) is 0 Å². The topological polar surface area (TPSA) is 26.0 Å². The van der Waals surface area contributed by atoms with Gasteiger partial charge in [0, 0.05) is 0 Å². The van der Waals surface area contributed by atoms with Crippen molar-refractivity contribution < 1.29 is 4.99 Å². The summed E-state index contributed by atoms with van der Waals surface area (Å²) in [6, 6.07) is 8.80. The van der Waals surface area contributed by atoms with Gasteiger partial charge in [0.2, 0.25) is 6.34 Å². The summed E-state index contributed by atoms with van der Waals surface area (Å²) in [7, 11) is 0. The molecule has 0 saturated carbocycles. The summed E-state index contributed by atoms with van der Waals surface area (Å²) in [6.07, 6.45) is 1.93. The zero-order chi connectivity index (χ0) is 15.6. The highest BCUT2D eigenvalue weighted by atomic mass is 14.9. The van der Waals surface area contributed by atoms with E-state index in [1.54, 1.807) is 0 Å². The maximum atomic E-state index is 3.39. The first-order valence-corrected chi connectivity index (χ1v) is 7.39. The maximum absolute atomic E-state index is 3.39. The normalized spacial score (nSPS) is 11.1. The van der Waals surface area contributed by atoms with Gasteiger partial charge in [-0.1, -0.05) is 35.4 Å². The lowest BCUT2D eigenvalue weighted by molar-refractivity contribution is -0.348. The molecule has 2 N–H and O–H groups in total. The quantitative estimate of drug-likeness (QED) is 0.654. The van der Waals surface area contributed by atoms with E-state index in [2.05, 4.69) is 76.1 Å². The Hall–Kier alpha value is -2.09. The second kappa shape index (κ2) is 6.13. The Morgan fingerprint density at radius 3 is 1.62 bits per heavy atom. The summed E-state index contributed by atoms with van der Waals surface area (Å²) in [5.41, 5.74) is 10.0. The monoisotopic (exact) mass is 281 g/mol. The fourth-order valence-corrected chi connectivity index (χ4v) is 3.00. The second-order valence-corrected chi connectivity index (χ2v) is 5.98. The predicted molar refractivity (Wildman–Crippen MR) is 91.6 cm³/mol. The van der Waals surface area contributed by atoms with Gasteiger partial charge in [-0.3, -0.25) is 0 Å². The Bertz CT molecular complexity index is 651. The van der Waals surface area contributed by atoms with Crippen LogP contribution in [0.5, 0.6) is 0 Å². The van der Waals surface area contributed by atoms with Gasteiger partial charge in [-0.25, -0.2) is 10.3 Å². The number of nitrogens with one attached hydrogen (secondary N) is 2. The predicted octanol–water partition coefficient (Wildman–Crippen LogP) is 3.39. The van der Waals surface area contributed by atoms with Crippen molar-refractivity contribution in [2.24, 2.45) is 0 Å². The molecule has 0 aliphatic carbocycles. The highest BCUT2D eigenvalue weighted by Crippen LogP contribution is 2.21. The number of hydrogen-bond acceptors (Lipinski definition) is 0. The molecule has 0 saturated heterocycles. The Morgan fingerprint density at radius 2 is 1.14 bits per heavy atom. The van der Waals surface area contributed by atoms with Crippen LogP contribution < -0.4 is 10.3 Å². The fraction of sp³-hybridized carbons (Fsp3) is 0.316. The number of hydrogen-bond donors (Lipinski definition) is 2. The zero-order valence-corrected chi connectivity index (χ0v) is 13.9. The van der Waals surface area contributed by atoms with Crippen molar-refractivity contribution in [3.63, 3.8) is 0 Å². The van der Waals surface area contributed by atoms with Crippen LogP contribution in [0, 0.1) is 41.5 Å². The third-order valence-electron chi connectivity index (χ3n) is 3.79. The van der Waals surface area contributed by atoms with E-state index >= 15 is 0 Å². The molecule has 21 heavy (non-hydrogen) atoms. The van der Waals surface area contributed by atoms with Crippen LogP contribution in [0.25, 0.3) is 0 Å². The summed E-state index contributed by atoms with van der Waals surface area (Å²) >= 11 is 0. The first kappa shape index (κ1) is 15.3. The van der Waals surface area contributed by atoms with E-state index < -0.39 is 0 Å². The average Bonchev–Trinajstić information content (AvgIpc) is 2.34. The Balaban J connectivity index is 2.25. The molecule has 0 atom stereocenters. The van der Waals surface area contributed by atoms with Gasteiger partial charge in [-0.05, 0) is 63.8 Å². The molecule has 0 radical (unpaired) electrons. The molecule has 2 nitrogen and oxygen atoms in total. The number of anilines is 1. The second-order valence-electron chi connectivity index (χ2n) is 5.98. The first-order chi connectivity index (χ1) is 9.88. The minimum Gasteiger partial charge on any atom is -0.247 e. The lowest BCUT2D eigenvalue weighted by atomic mass is 10.1. The van der Waals surface area contributed by atoms with Crippen LogP contribution in [0.2, 0.25) is 0 Å². The molecule has 2 rings (SSSR count). The summed E-state index contributed by atoms with van der Waals surface area (Å²) < 4.78 is 0. The molecule has 0 heterocycles. The molecule has 2 aromatic rings. The average molecular weight is 281 g/mol. The van der Waals surface area contributed by atoms with Crippen LogP contribution in [0.1, 0.15) is 33.4 Å². The Morgan fingerprint density at radius 1 is 0.714 bits per heavy atom. The largest absolute Gasteiger partial charge is 0.247 e. The van der Waals surface area contributed by atoms with E-state index in [0.29, 0.717) is 0 Å². The van der Waals surface area contributed by atoms with Crippen molar-refractivity contribution >= 4 is 17.7 Å². The van der Waals surface area contributed by atoms with Gasteiger partial charge in [0.15, 0.2) is 0 Å². The minimum absolute atomic E-state index is 1.18. The Labute approximate surface area is 127 Å². The minimum atomic E-state index is 1.18. The van der Waals surface area contributed by atoms with E-state index in [4.69, 9.17) is 0 Å². The summed E-state index contributed by atoms with van der Waals surface area (Å²) in [5, 5.41) is 3.39. The molecular formula is C19H25N2+. The molecule has 0 unspecified atom stereocenters. The molecule has 0 aliphatic heterocycles. The van der Waals surface area contributed by atoms with E-state index in [9.17, 15) is 0 Å². The molecule has 0 aromatic heterocycles. The molecular weight excluding hydrogens is 256 g/mol. The van der Waals surface area contributed by atoms with Gasteiger partial charge in [-0.2, -0.15) is 0 Å². The maximum Gasteiger partial charge on any atom is 0.240 e. The summed E-state index contributed by atoms with van der Waals surface area (Å²) in [6.45, 7) is 12.8. The molecule has 0 bridgehead atoms. The smallest absolute Gasteiger partial charge is 0.240 e. The number of rotatable bonds is 3. The molecule has 0 amide bonds. The standard InChI is InChI=1S/C19H24N2/c1-12-7-14(3)18(15(4)8-12)20-11-21-19-16(5)9-13(2)10-17(19)6/h7-11H,1-6H3,(H,20,21)/p+1. The van der Waals surface area contributed by atoms with Crippen LogP contribution in [-0.2, 0) is 0 Å². The third-order valence-corrected chi connectivity index (χ3v) is 3.79. The van der Waals surface area contributed by atoms with Crippen LogP contribution in [0.15, 0.2) is 24.3 Å². The van der Waals surface area contributed by atoms with Gasteiger partial charge in [0.05, 0.1) is 0 Å². The van der Waals surface area contributed by atoms with Gasteiger partial charge in [0.25, 0.3) is 0 Å². The van der Waals surface area contributed by atoms with Crippen LogP contribution in [0.4, 0.5) is 11.4 Å². The van der Waals surface area contributed by atoms with Crippen LogP contribution in [0.3, 0.4) is 0 Å². The highest BCUT2D eigenvalue weighted by molar-refractivity contribution is 5.76. The van der Waals surface area contributed by atoms with E-state index in [1.807, 2.05) is 6.34 Å². The van der Waals surface area contributed by atoms with E-state index in [-0.39, 0.29) is 0 Å². The molecule has 2 heteroatoms. The molecule has 0 spiro atoms. The first-order valence-electron chi connectivity index (χ1n) is 7.39. The van der Waals surface area contributed by atoms with Crippen molar-refractivity contribution in [2.75, 3.05) is 5.32 Å². The number of aryl methyl sites for hydroxylation is 6. The van der Waals surface area contributed by atoms with Gasteiger partial charge < -0.3 is 0 Å². The molecule has 110 valence electrons. The third kappa shape index (κ3) is 3.52. The van der Waals surface area contributed by atoms with Crippen molar-refractivity contribution in [3.8, 4) is 0 Å². The number of benzene rings is 2. The van der Waals surface area contributed by atoms with Gasteiger partial charge in [0.1, 0.15) is 11.4 Å². The lowest BCUT2D eigenvalue weighted by Crippen LogP contribution is -2.64. The zero-order valence-electron chi connectivity index (χ0n) is 13.9. The van der Waals surface area contributed by atoms with Crippen molar-refractivity contribution in [2.45, 2.75) is 41.5 Å².